The largest absolute Gasteiger partial charge is 0.508 e. The molecule has 274 valence electrons. The smallest absolute Gasteiger partial charge is 0.168 e. The first kappa shape index (κ1) is 37.1. The summed E-state index contributed by atoms with van der Waals surface area (Å²) in [5.74, 6) is -0.0374. The Kier molecular flexibility index (Phi) is 12.0. The van der Waals surface area contributed by atoms with Gasteiger partial charge in [0.25, 0.3) is 0 Å². The number of aromatic nitrogens is 1. The molecular formula is C44H53N3O5. The van der Waals surface area contributed by atoms with E-state index in [0.717, 1.165) is 34.2 Å². The summed E-state index contributed by atoms with van der Waals surface area (Å²) in [6, 6.07) is 18.5. The minimum atomic E-state index is -0.603. The van der Waals surface area contributed by atoms with Crippen LogP contribution in [0.4, 0.5) is 0 Å². The highest BCUT2D eigenvalue weighted by Crippen LogP contribution is 2.46. The summed E-state index contributed by atoms with van der Waals surface area (Å²) in [5.41, 5.74) is 18.2. The molecule has 8 heteroatoms. The fourth-order valence-electron chi connectivity index (χ4n) is 8.25. The van der Waals surface area contributed by atoms with E-state index in [-0.39, 0.29) is 46.9 Å². The van der Waals surface area contributed by atoms with E-state index in [0.29, 0.717) is 49.0 Å². The molecule has 0 amide bonds. The molecule has 2 atom stereocenters. The number of phenols is 2. The number of ether oxygens (including phenoxy) is 1. The third-order valence-electron chi connectivity index (χ3n) is 11.2. The van der Waals surface area contributed by atoms with Crippen LogP contribution >= 0.6 is 0 Å². The Hall–Kier alpha value is -4.66. The number of hydrogen-bond donors (Lipinski definition) is 5. The number of allylic oxidation sites excluding steroid dienone is 2. The van der Waals surface area contributed by atoms with Crippen molar-refractivity contribution in [2.75, 3.05) is 6.61 Å². The number of aryl methyl sites for hydroxylation is 2. The zero-order chi connectivity index (χ0) is 36.7. The second-order valence-corrected chi connectivity index (χ2v) is 14.8. The van der Waals surface area contributed by atoms with E-state index in [1.54, 1.807) is 30.6 Å². The average molecular weight is 704 g/mol. The number of aromatic amines is 1. The van der Waals surface area contributed by atoms with Crippen LogP contribution in [0.1, 0.15) is 121 Å². The number of Topliss-reactive ketones (excluding diaryl/α,β-unsaturated/α-hetero) is 1. The van der Waals surface area contributed by atoms with Crippen LogP contribution in [0.25, 0.3) is 0 Å². The number of hydrogen-bond acceptors (Lipinski definition) is 7. The van der Waals surface area contributed by atoms with Crippen LogP contribution in [0.3, 0.4) is 0 Å². The van der Waals surface area contributed by atoms with Gasteiger partial charge in [0.15, 0.2) is 23.1 Å². The lowest BCUT2D eigenvalue weighted by atomic mass is 9.68. The van der Waals surface area contributed by atoms with Crippen LogP contribution in [0, 0.1) is 11.3 Å². The van der Waals surface area contributed by atoms with Gasteiger partial charge >= 0.3 is 0 Å². The normalized spacial score (nSPS) is 18.2. The summed E-state index contributed by atoms with van der Waals surface area (Å²) in [7, 11) is 0. The minimum Gasteiger partial charge on any atom is -0.508 e. The van der Waals surface area contributed by atoms with Crippen molar-refractivity contribution in [3.05, 3.63) is 124 Å². The molecule has 0 aliphatic heterocycles. The molecule has 1 saturated carbocycles. The van der Waals surface area contributed by atoms with Gasteiger partial charge in [0, 0.05) is 48.2 Å². The van der Waals surface area contributed by atoms with Crippen LogP contribution in [0.2, 0.25) is 0 Å². The number of carbonyl (C=O) groups excluding carboxylic acids is 2. The standard InChI is InChI=1S/C44H53N3O5/c1-2-3-19-44(20-4-5-21-44)22-16-34(48)11-6-29-8-15-39(50)40(26-29)52-24-18-30-7-14-38(49)37(25-30)41-35-12-10-32(43(45)46)27-31(35)9-13-36(41)42(51)33-17-23-47-28-33/h7-8,10,12,14-17,22-23,25-28,36,41,43,47,49-50H,2-6,9,11,13,18-21,24,45-46H2,1H3/b22-16+/t36-,41+/m1/s1. The van der Waals surface area contributed by atoms with Gasteiger partial charge in [-0.05, 0) is 102 Å². The lowest BCUT2D eigenvalue weighted by molar-refractivity contribution is -0.114. The van der Waals surface area contributed by atoms with Crippen LogP contribution in [-0.4, -0.2) is 33.4 Å². The number of rotatable bonds is 16. The molecule has 1 fully saturated rings. The van der Waals surface area contributed by atoms with E-state index >= 15 is 0 Å². The number of H-pyrrole nitrogens is 1. The number of phenolic OH excluding ortho intramolecular Hbond substituents is 2. The maximum atomic E-state index is 13.8. The van der Waals surface area contributed by atoms with Gasteiger partial charge in [0.05, 0.1) is 12.8 Å². The Balaban J connectivity index is 1.13. The van der Waals surface area contributed by atoms with Crippen molar-refractivity contribution in [1.82, 2.24) is 4.98 Å². The summed E-state index contributed by atoms with van der Waals surface area (Å²) in [5, 5.41) is 21.8. The number of aromatic hydroxyl groups is 2. The Morgan fingerprint density at radius 2 is 1.73 bits per heavy atom. The van der Waals surface area contributed by atoms with Crippen molar-refractivity contribution in [3.8, 4) is 17.2 Å². The molecule has 0 unspecified atom stereocenters. The molecule has 1 aromatic heterocycles. The average Bonchev–Trinajstić information content (AvgIpc) is 3.87. The molecule has 2 aliphatic rings. The first-order valence-corrected chi connectivity index (χ1v) is 19.0. The molecule has 0 spiro atoms. The number of fused-ring (bicyclic) bond motifs is 1. The third kappa shape index (κ3) is 8.68. The zero-order valence-corrected chi connectivity index (χ0v) is 30.3. The highest BCUT2D eigenvalue weighted by molar-refractivity contribution is 5.99. The number of benzene rings is 3. The van der Waals surface area contributed by atoms with Crippen molar-refractivity contribution in [2.45, 2.75) is 96.1 Å². The molecule has 7 N–H and O–H groups in total. The SMILES string of the molecule is CCCCC1(/C=C/C(=O)CCc2ccc(O)c(OCCc3ccc(O)c([C@H]4c5ccc(C(N)N)cc5CC[C@H]4C(=O)c4cc[nH]c4)c3)c2)CCCC1. The van der Waals surface area contributed by atoms with Gasteiger partial charge in [-0.1, -0.05) is 75.1 Å². The van der Waals surface area contributed by atoms with Crippen LogP contribution in [0.15, 0.2) is 85.2 Å². The van der Waals surface area contributed by atoms with Gasteiger partial charge in [0.1, 0.15) is 5.75 Å². The van der Waals surface area contributed by atoms with E-state index in [1.807, 2.05) is 48.5 Å². The second kappa shape index (κ2) is 16.8. The predicted molar refractivity (Wildman–Crippen MR) is 205 cm³/mol. The van der Waals surface area contributed by atoms with E-state index in [2.05, 4.69) is 18.0 Å². The fourth-order valence-corrected chi connectivity index (χ4v) is 8.25. The maximum Gasteiger partial charge on any atom is 0.168 e. The molecule has 1 heterocycles. The monoisotopic (exact) mass is 703 g/mol. The summed E-state index contributed by atoms with van der Waals surface area (Å²) in [6.45, 7) is 2.50. The number of ketones is 2. The minimum absolute atomic E-state index is 0.0300. The highest BCUT2D eigenvalue weighted by atomic mass is 16.5. The molecule has 4 aromatic rings. The second-order valence-electron chi connectivity index (χ2n) is 14.8. The Labute approximate surface area is 307 Å². The number of nitrogens with two attached hydrogens (primary N) is 2. The quantitative estimate of drug-likeness (QED) is 0.0447. The molecule has 8 nitrogen and oxygen atoms in total. The summed E-state index contributed by atoms with van der Waals surface area (Å²) < 4.78 is 6.08. The van der Waals surface area contributed by atoms with Crippen molar-refractivity contribution in [3.63, 3.8) is 0 Å². The zero-order valence-electron chi connectivity index (χ0n) is 30.3. The molecule has 52 heavy (non-hydrogen) atoms. The van der Waals surface area contributed by atoms with Crippen LogP contribution in [0.5, 0.6) is 17.2 Å². The molecular weight excluding hydrogens is 650 g/mol. The summed E-state index contributed by atoms with van der Waals surface area (Å²) >= 11 is 0. The maximum absolute atomic E-state index is 13.8. The number of nitrogens with one attached hydrogen (secondary N) is 1. The van der Waals surface area contributed by atoms with E-state index < -0.39 is 6.17 Å². The number of carbonyl (C=O) groups is 2. The van der Waals surface area contributed by atoms with E-state index in [4.69, 9.17) is 16.2 Å². The molecule has 2 aliphatic carbocycles. The number of unbranched alkanes of at least 4 members (excludes halogenated alkanes) is 1. The Morgan fingerprint density at radius 3 is 2.46 bits per heavy atom. The van der Waals surface area contributed by atoms with Crippen molar-refractivity contribution in [1.29, 1.82) is 0 Å². The lowest BCUT2D eigenvalue weighted by Gasteiger charge is -2.34. The fraction of sp³-hybridized carbons (Fsp3) is 0.409. The topological polar surface area (TPSA) is 152 Å². The molecule has 3 aromatic carbocycles. The lowest BCUT2D eigenvalue weighted by Crippen LogP contribution is -2.29. The molecule has 0 saturated heterocycles. The highest BCUT2D eigenvalue weighted by Gasteiger charge is 2.38. The summed E-state index contributed by atoms with van der Waals surface area (Å²) in [4.78, 5) is 29.7. The van der Waals surface area contributed by atoms with Gasteiger partial charge in [0.2, 0.25) is 0 Å². The van der Waals surface area contributed by atoms with Crippen molar-refractivity contribution >= 4 is 11.6 Å². The van der Waals surface area contributed by atoms with Gasteiger partial charge in [-0.3, -0.25) is 9.59 Å². The predicted octanol–water partition coefficient (Wildman–Crippen LogP) is 8.35. The van der Waals surface area contributed by atoms with E-state index in [9.17, 15) is 19.8 Å². The Morgan fingerprint density at radius 1 is 0.962 bits per heavy atom. The van der Waals surface area contributed by atoms with Crippen molar-refractivity contribution < 1.29 is 24.5 Å². The summed E-state index contributed by atoms with van der Waals surface area (Å²) in [6.07, 6.45) is 18.0. The molecule has 0 bridgehead atoms. The van der Waals surface area contributed by atoms with Gasteiger partial charge in [-0.2, -0.15) is 0 Å². The van der Waals surface area contributed by atoms with Gasteiger partial charge < -0.3 is 31.4 Å². The molecule has 0 radical (unpaired) electrons. The van der Waals surface area contributed by atoms with Gasteiger partial charge in [-0.25, -0.2) is 0 Å². The van der Waals surface area contributed by atoms with E-state index in [1.165, 1.54) is 38.5 Å². The molecule has 6 rings (SSSR count). The van der Waals surface area contributed by atoms with Gasteiger partial charge in [-0.15, -0.1) is 0 Å². The van der Waals surface area contributed by atoms with Crippen molar-refractivity contribution in [2.24, 2.45) is 22.8 Å². The van der Waals surface area contributed by atoms with Crippen LogP contribution < -0.4 is 16.2 Å². The van der Waals surface area contributed by atoms with Crippen LogP contribution in [-0.2, 0) is 24.1 Å². The Bertz CT molecular complexity index is 1870. The third-order valence-corrected chi connectivity index (χ3v) is 11.2. The first-order valence-electron chi connectivity index (χ1n) is 19.0. The first-order chi connectivity index (χ1) is 25.2.